The molecule has 1 aliphatic rings. The second-order valence-electron chi connectivity index (χ2n) is 4.63. The van der Waals surface area contributed by atoms with E-state index >= 15 is 0 Å². The van der Waals surface area contributed by atoms with Gasteiger partial charge in [-0.3, -0.25) is 4.79 Å². The van der Waals surface area contributed by atoms with E-state index in [2.05, 4.69) is 0 Å². The first kappa shape index (κ1) is 15.1. The third kappa shape index (κ3) is 3.07. The summed E-state index contributed by atoms with van der Waals surface area (Å²) in [7, 11) is -1.58. The highest BCUT2D eigenvalue weighted by Crippen LogP contribution is 2.32. The molecule has 1 aromatic carbocycles. The lowest BCUT2D eigenvalue weighted by Crippen LogP contribution is -2.42. The minimum absolute atomic E-state index is 0.0341. The van der Waals surface area contributed by atoms with Crippen LogP contribution >= 0.6 is 11.6 Å². The molecule has 0 aliphatic carbocycles. The molecular formula is C13H16ClNO4S. The van der Waals surface area contributed by atoms with Crippen LogP contribution < -0.4 is 9.64 Å². The fraction of sp³-hybridized carbons (Fsp3) is 0.462. The van der Waals surface area contributed by atoms with Crippen LogP contribution in [-0.2, 0) is 14.6 Å². The number of para-hydroxylation sites is 2. The van der Waals surface area contributed by atoms with Crippen molar-refractivity contribution in [2.45, 2.75) is 12.5 Å². The summed E-state index contributed by atoms with van der Waals surface area (Å²) in [6, 6.07) is 6.64. The molecule has 20 heavy (non-hydrogen) atoms. The Balaban J connectivity index is 2.41. The van der Waals surface area contributed by atoms with Crippen LogP contribution in [-0.4, -0.2) is 44.9 Å². The summed E-state index contributed by atoms with van der Waals surface area (Å²) in [4.78, 5) is 13.6. The molecule has 1 saturated heterocycles. The molecule has 0 saturated carbocycles. The molecule has 5 nitrogen and oxygen atoms in total. The molecule has 0 unspecified atom stereocenters. The monoisotopic (exact) mass is 317 g/mol. The summed E-state index contributed by atoms with van der Waals surface area (Å²) < 4.78 is 28.5. The van der Waals surface area contributed by atoms with Gasteiger partial charge in [-0.25, -0.2) is 8.42 Å². The van der Waals surface area contributed by atoms with Gasteiger partial charge in [0.1, 0.15) is 11.6 Å². The van der Waals surface area contributed by atoms with Gasteiger partial charge in [-0.05, 0) is 18.6 Å². The van der Waals surface area contributed by atoms with Crippen molar-refractivity contribution in [1.82, 2.24) is 0 Å². The number of anilines is 1. The van der Waals surface area contributed by atoms with E-state index in [1.165, 1.54) is 12.0 Å². The van der Waals surface area contributed by atoms with Crippen molar-refractivity contribution < 1.29 is 17.9 Å². The number of ether oxygens (including phenoxy) is 1. The SMILES string of the molecule is COc1ccccc1N(C(=O)CCl)[C@@H]1CCS(=O)(=O)C1. The molecule has 1 heterocycles. The number of carbonyl (C=O) groups excluding carboxylic acids is 1. The van der Waals surface area contributed by atoms with Crippen LogP contribution in [0.1, 0.15) is 6.42 Å². The van der Waals surface area contributed by atoms with Crippen molar-refractivity contribution in [3.8, 4) is 5.75 Å². The Morgan fingerprint density at radius 1 is 1.45 bits per heavy atom. The smallest absolute Gasteiger partial charge is 0.242 e. The van der Waals surface area contributed by atoms with Crippen LogP contribution in [0.25, 0.3) is 0 Å². The van der Waals surface area contributed by atoms with Gasteiger partial charge in [0.15, 0.2) is 9.84 Å². The molecule has 1 fully saturated rings. The Morgan fingerprint density at radius 2 is 2.15 bits per heavy atom. The number of rotatable bonds is 4. The Bertz CT molecular complexity index is 602. The number of carbonyl (C=O) groups is 1. The predicted molar refractivity (Wildman–Crippen MR) is 78.3 cm³/mol. The van der Waals surface area contributed by atoms with Gasteiger partial charge in [0.05, 0.1) is 30.3 Å². The van der Waals surface area contributed by atoms with Crippen LogP contribution in [0.4, 0.5) is 5.69 Å². The van der Waals surface area contributed by atoms with Gasteiger partial charge in [0, 0.05) is 0 Å². The van der Waals surface area contributed by atoms with E-state index in [4.69, 9.17) is 16.3 Å². The van der Waals surface area contributed by atoms with Crippen molar-refractivity contribution in [3.05, 3.63) is 24.3 Å². The minimum atomic E-state index is -3.09. The Labute approximate surface area is 123 Å². The maximum Gasteiger partial charge on any atom is 0.242 e. The van der Waals surface area contributed by atoms with E-state index in [9.17, 15) is 13.2 Å². The number of halogens is 1. The predicted octanol–water partition coefficient (Wildman–Crippen LogP) is 1.45. The molecule has 0 radical (unpaired) electrons. The number of sulfone groups is 1. The van der Waals surface area contributed by atoms with E-state index in [0.29, 0.717) is 17.9 Å². The van der Waals surface area contributed by atoms with Gasteiger partial charge in [0.25, 0.3) is 0 Å². The zero-order chi connectivity index (χ0) is 14.8. The van der Waals surface area contributed by atoms with Crippen molar-refractivity contribution in [2.75, 3.05) is 29.4 Å². The minimum Gasteiger partial charge on any atom is -0.495 e. The Kier molecular flexibility index (Phi) is 4.55. The van der Waals surface area contributed by atoms with Gasteiger partial charge < -0.3 is 9.64 Å². The van der Waals surface area contributed by atoms with Crippen molar-refractivity contribution in [1.29, 1.82) is 0 Å². The van der Waals surface area contributed by atoms with Crippen LogP contribution in [0.3, 0.4) is 0 Å². The summed E-state index contributed by atoms with van der Waals surface area (Å²) in [5, 5.41) is 0. The zero-order valence-electron chi connectivity index (χ0n) is 11.1. The highest BCUT2D eigenvalue weighted by atomic mass is 35.5. The molecule has 110 valence electrons. The highest BCUT2D eigenvalue weighted by molar-refractivity contribution is 7.91. The van der Waals surface area contributed by atoms with E-state index in [-0.39, 0.29) is 29.3 Å². The largest absolute Gasteiger partial charge is 0.495 e. The molecule has 0 N–H and O–H groups in total. The normalized spacial score (nSPS) is 20.6. The third-order valence-electron chi connectivity index (χ3n) is 3.30. The standard InChI is InChI=1S/C13H16ClNO4S/c1-19-12-5-3-2-4-11(12)15(13(16)8-14)10-6-7-20(17,18)9-10/h2-5,10H,6-9H2,1H3/t10-/m1/s1. The molecular weight excluding hydrogens is 302 g/mol. The number of alkyl halides is 1. The highest BCUT2D eigenvalue weighted by Gasteiger charge is 2.36. The average Bonchev–Trinajstić information content (AvgIpc) is 2.79. The Morgan fingerprint density at radius 3 is 2.70 bits per heavy atom. The summed E-state index contributed by atoms with van der Waals surface area (Å²) >= 11 is 5.66. The number of amides is 1. The first-order chi connectivity index (χ1) is 9.48. The molecule has 0 aromatic heterocycles. The average molecular weight is 318 g/mol. The molecule has 1 amide bonds. The molecule has 0 spiro atoms. The summed E-state index contributed by atoms with van der Waals surface area (Å²) in [5.41, 5.74) is 0.558. The fourth-order valence-corrected chi connectivity index (χ4v) is 4.24. The van der Waals surface area contributed by atoms with Crippen LogP contribution in [0, 0.1) is 0 Å². The zero-order valence-corrected chi connectivity index (χ0v) is 12.7. The number of hydrogen-bond donors (Lipinski definition) is 0. The van der Waals surface area contributed by atoms with Crippen LogP contribution in [0.15, 0.2) is 24.3 Å². The summed E-state index contributed by atoms with van der Waals surface area (Å²) in [5.74, 6) is 0.0646. The van der Waals surface area contributed by atoms with Gasteiger partial charge >= 0.3 is 0 Å². The lowest BCUT2D eigenvalue weighted by Gasteiger charge is -2.29. The van der Waals surface area contributed by atoms with Crippen molar-refractivity contribution in [3.63, 3.8) is 0 Å². The van der Waals surface area contributed by atoms with E-state index in [1.54, 1.807) is 24.3 Å². The fourth-order valence-electron chi connectivity index (χ4n) is 2.41. The molecule has 7 heteroatoms. The molecule has 1 aromatic rings. The molecule has 0 bridgehead atoms. The summed E-state index contributed by atoms with van der Waals surface area (Å²) in [6.45, 7) is 0. The first-order valence-electron chi connectivity index (χ1n) is 6.20. The Hall–Kier alpha value is -1.27. The number of hydrogen-bond acceptors (Lipinski definition) is 4. The van der Waals surface area contributed by atoms with E-state index in [1.807, 2.05) is 0 Å². The van der Waals surface area contributed by atoms with Gasteiger partial charge in [-0.15, -0.1) is 11.6 Å². The maximum atomic E-state index is 12.1. The van der Waals surface area contributed by atoms with Crippen LogP contribution in [0.2, 0.25) is 0 Å². The maximum absolute atomic E-state index is 12.1. The van der Waals surface area contributed by atoms with Crippen LogP contribution in [0.5, 0.6) is 5.75 Å². The van der Waals surface area contributed by atoms with Gasteiger partial charge in [-0.2, -0.15) is 0 Å². The lowest BCUT2D eigenvalue weighted by atomic mass is 10.1. The second-order valence-corrected chi connectivity index (χ2v) is 7.12. The van der Waals surface area contributed by atoms with Crippen molar-refractivity contribution in [2.24, 2.45) is 0 Å². The van der Waals surface area contributed by atoms with E-state index < -0.39 is 9.84 Å². The number of benzene rings is 1. The van der Waals surface area contributed by atoms with Gasteiger partial charge in [0.2, 0.25) is 5.91 Å². The molecule has 1 atom stereocenters. The first-order valence-corrected chi connectivity index (χ1v) is 8.55. The summed E-state index contributed by atoms with van der Waals surface area (Å²) in [6.07, 6.45) is 0.420. The molecule has 2 rings (SSSR count). The second kappa shape index (κ2) is 6.01. The number of nitrogens with zero attached hydrogens (tertiary/aromatic N) is 1. The topological polar surface area (TPSA) is 63.7 Å². The third-order valence-corrected chi connectivity index (χ3v) is 5.28. The molecule has 1 aliphatic heterocycles. The van der Waals surface area contributed by atoms with Gasteiger partial charge in [-0.1, -0.05) is 12.1 Å². The quantitative estimate of drug-likeness (QED) is 0.789. The lowest BCUT2D eigenvalue weighted by molar-refractivity contribution is -0.116. The van der Waals surface area contributed by atoms with E-state index in [0.717, 1.165) is 0 Å². The van der Waals surface area contributed by atoms with Crippen molar-refractivity contribution >= 4 is 33.0 Å². The number of methoxy groups -OCH3 is 1.